The molecule has 1 aromatic carbocycles. The maximum atomic E-state index is 10.3. The van der Waals surface area contributed by atoms with Crippen LogP contribution in [0.25, 0.3) is 0 Å². The first kappa shape index (κ1) is 10.3. The number of nitrogens with zero attached hydrogens (tertiary/aromatic N) is 3. The Morgan fingerprint density at radius 1 is 1.47 bits per heavy atom. The number of aromatic nitrogens is 3. The number of fused-ring (bicyclic) bond motifs is 1. The molecule has 17 heavy (non-hydrogen) atoms. The second-order valence-electron chi connectivity index (χ2n) is 4.15. The number of aliphatic hydroxyl groups excluding tert-OH is 1. The van der Waals surface area contributed by atoms with Gasteiger partial charge in [-0.25, -0.2) is 4.68 Å². The molecule has 0 spiro atoms. The number of hydrogen-bond acceptors (Lipinski definition) is 4. The molecule has 0 fully saturated rings. The van der Waals surface area contributed by atoms with Gasteiger partial charge in [-0.1, -0.05) is 11.3 Å². The molecule has 0 radical (unpaired) electrons. The molecule has 0 aliphatic carbocycles. The fraction of sp³-hybridized carbons (Fsp3) is 0.333. The van der Waals surface area contributed by atoms with E-state index in [0.717, 1.165) is 29.9 Å². The summed E-state index contributed by atoms with van der Waals surface area (Å²) in [5.41, 5.74) is 2.68. The summed E-state index contributed by atoms with van der Waals surface area (Å²) in [5, 5.41) is 17.8. The lowest BCUT2D eigenvalue weighted by molar-refractivity contribution is 0.209. The van der Waals surface area contributed by atoms with Gasteiger partial charge in [0.15, 0.2) is 0 Å². The third-order valence-corrected chi connectivity index (χ3v) is 3.06. The van der Waals surface area contributed by atoms with Crippen LogP contribution in [0.2, 0.25) is 0 Å². The molecule has 2 heterocycles. The van der Waals surface area contributed by atoms with Crippen LogP contribution in [-0.2, 0) is 13.5 Å². The van der Waals surface area contributed by atoms with E-state index in [1.54, 1.807) is 17.9 Å². The van der Waals surface area contributed by atoms with Crippen molar-refractivity contribution in [2.24, 2.45) is 7.05 Å². The Labute approximate surface area is 98.6 Å². The number of aryl methyl sites for hydroxylation is 1. The quantitative estimate of drug-likeness (QED) is 0.831. The fourth-order valence-electron chi connectivity index (χ4n) is 2.09. The Bertz CT molecular complexity index is 550. The van der Waals surface area contributed by atoms with Gasteiger partial charge in [-0.15, -0.1) is 5.10 Å². The van der Waals surface area contributed by atoms with Gasteiger partial charge in [-0.3, -0.25) is 0 Å². The van der Waals surface area contributed by atoms with E-state index in [9.17, 15) is 5.11 Å². The van der Waals surface area contributed by atoms with Crippen LogP contribution in [0.15, 0.2) is 24.4 Å². The molecule has 1 aliphatic rings. The Balaban J connectivity index is 1.97. The summed E-state index contributed by atoms with van der Waals surface area (Å²) in [6, 6.07) is 5.77. The lowest BCUT2D eigenvalue weighted by atomic mass is 10.0. The van der Waals surface area contributed by atoms with Crippen molar-refractivity contribution in [1.29, 1.82) is 0 Å². The molecule has 1 unspecified atom stereocenters. The largest absolute Gasteiger partial charge is 0.493 e. The number of rotatable bonds is 2. The zero-order valence-electron chi connectivity index (χ0n) is 9.50. The molecule has 1 atom stereocenters. The number of aliphatic hydroxyl groups is 1. The highest BCUT2D eigenvalue weighted by Crippen LogP contribution is 2.30. The van der Waals surface area contributed by atoms with Crippen LogP contribution in [-0.4, -0.2) is 26.7 Å². The average molecular weight is 231 g/mol. The van der Waals surface area contributed by atoms with Gasteiger partial charge in [0.2, 0.25) is 0 Å². The van der Waals surface area contributed by atoms with Gasteiger partial charge >= 0.3 is 0 Å². The fourth-order valence-corrected chi connectivity index (χ4v) is 2.09. The summed E-state index contributed by atoms with van der Waals surface area (Å²) in [4.78, 5) is 0. The summed E-state index contributed by atoms with van der Waals surface area (Å²) < 4.78 is 7.01. The summed E-state index contributed by atoms with van der Waals surface area (Å²) in [6.45, 7) is 0.724. The molecule has 3 rings (SSSR count). The monoisotopic (exact) mass is 231 g/mol. The Kier molecular flexibility index (Phi) is 2.33. The minimum atomic E-state index is -0.694. The number of ether oxygens (including phenoxy) is 1. The normalized spacial score (nSPS) is 15.4. The highest BCUT2D eigenvalue weighted by molar-refractivity contribution is 5.41. The predicted molar refractivity (Wildman–Crippen MR) is 60.7 cm³/mol. The van der Waals surface area contributed by atoms with Crippen LogP contribution in [0, 0.1) is 0 Å². The van der Waals surface area contributed by atoms with E-state index in [1.165, 1.54) is 0 Å². The molecule has 0 saturated heterocycles. The van der Waals surface area contributed by atoms with E-state index < -0.39 is 6.10 Å². The highest BCUT2D eigenvalue weighted by atomic mass is 16.5. The molecular formula is C12H13N3O2. The van der Waals surface area contributed by atoms with Crippen LogP contribution in [0.3, 0.4) is 0 Å². The Hall–Kier alpha value is -1.88. The van der Waals surface area contributed by atoms with Crippen molar-refractivity contribution in [3.05, 3.63) is 41.2 Å². The Morgan fingerprint density at radius 3 is 3.12 bits per heavy atom. The first-order chi connectivity index (χ1) is 8.25. The first-order valence-electron chi connectivity index (χ1n) is 5.54. The van der Waals surface area contributed by atoms with E-state index in [1.807, 2.05) is 18.2 Å². The molecule has 0 bridgehead atoms. The van der Waals surface area contributed by atoms with Gasteiger partial charge in [0.1, 0.15) is 11.9 Å². The second-order valence-corrected chi connectivity index (χ2v) is 4.15. The lowest BCUT2D eigenvalue weighted by Gasteiger charge is -2.11. The van der Waals surface area contributed by atoms with E-state index >= 15 is 0 Å². The second kappa shape index (κ2) is 3.85. The number of benzene rings is 1. The maximum absolute atomic E-state index is 10.3. The summed E-state index contributed by atoms with van der Waals surface area (Å²) >= 11 is 0. The molecule has 0 amide bonds. The number of hydrogen-bond donors (Lipinski definition) is 1. The molecular weight excluding hydrogens is 218 g/mol. The van der Waals surface area contributed by atoms with Crippen molar-refractivity contribution >= 4 is 0 Å². The third kappa shape index (κ3) is 1.68. The van der Waals surface area contributed by atoms with Gasteiger partial charge in [0, 0.05) is 13.5 Å². The lowest BCUT2D eigenvalue weighted by Crippen LogP contribution is -2.06. The summed E-state index contributed by atoms with van der Waals surface area (Å²) in [7, 11) is 1.77. The van der Waals surface area contributed by atoms with Gasteiger partial charge in [-0.05, 0) is 23.3 Å². The molecule has 2 aromatic rings. The van der Waals surface area contributed by atoms with Crippen molar-refractivity contribution in [2.75, 3.05) is 6.61 Å². The van der Waals surface area contributed by atoms with Gasteiger partial charge < -0.3 is 9.84 Å². The molecule has 1 N–H and O–H groups in total. The van der Waals surface area contributed by atoms with Crippen LogP contribution in [0.4, 0.5) is 0 Å². The molecule has 88 valence electrons. The van der Waals surface area contributed by atoms with Gasteiger partial charge in [0.05, 0.1) is 18.5 Å². The van der Waals surface area contributed by atoms with E-state index in [4.69, 9.17) is 4.74 Å². The SMILES string of the molecule is Cn1nncc1C(O)c1ccc2c(c1)CCO2. The average Bonchev–Trinajstić information content (AvgIpc) is 2.95. The molecule has 5 nitrogen and oxygen atoms in total. The van der Waals surface area contributed by atoms with Gasteiger partial charge in [0.25, 0.3) is 0 Å². The first-order valence-corrected chi connectivity index (χ1v) is 5.54. The van der Waals surface area contributed by atoms with Crippen molar-refractivity contribution in [1.82, 2.24) is 15.0 Å². The standard InChI is InChI=1S/C12H13N3O2/c1-15-10(7-13-14-15)12(16)9-2-3-11-8(6-9)4-5-17-11/h2-3,6-7,12,16H,4-5H2,1H3. The summed E-state index contributed by atoms with van der Waals surface area (Å²) in [5.74, 6) is 0.920. The molecule has 1 aromatic heterocycles. The van der Waals surface area contributed by atoms with E-state index in [-0.39, 0.29) is 0 Å². The summed E-state index contributed by atoms with van der Waals surface area (Å²) in [6.07, 6.45) is 1.79. The van der Waals surface area contributed by atoms with Crippen molar-refractivity contribution in [3.63, 3.8) is 0 Å². The molecule has 5 heteroatoms. The Morgan fingerprint density at radius 2 is 2.35 bits per heavy atom. The van der Waals surface area contributed by atoms with Crippen LogP contribution < -0.4 is 4.74 Å². The molecule has 0 saturated carbocycles. The zero-order chi connectivity index (χ0) is 11.8. The smallest absolute Gasteiger partial charge is 0.122 e. The predicted octanol–water partition coefficient (Wildman–Crippen LogP) is 0.832. The minimum Gasteiger partial charge on any atom is -0.493 e. The topological polar surface area (TPSA) is 60.2 Å². The van der Waals surface area contributed by atoms with Crippen molar-refractivity contribution < 1.29 is 9.84 Å². The van der Waals surface area contributed by atoms with E-state index in [0.29, 0.717) is 5.69 Å². The zero-order valence-corrected chi connectivity index (χ0v) is 9.50. The highest BCUT2D eigenvalue weighted by Gasteiger charge is 2.18. The molecule has 1 aliphatic heterocycles. The van der Waals surface area contributed by atoms with Crippen molar-refractivity contribution in [3.8, 4) is 5.75 Å². The van der Waals surface area contributed by atoms with Crippen LogP contribution in [0.5, 0.6) is 5.75 Å². The third-order valence-electron chi connectivity index (χ3n) is 3.06. The van der Waals surface area contributed by atoms with Crippen LogP contribution >= 0.6 is 0 Å². The maximum Gasteiger partial charge on any atom is 0.122 e. The van der Waals surface area contributed by atoms with E-state index in [2.05, 4.69) is 10.3 Å². The minimum absolute atomic E-state index is 0.684. The van der Waals surface area contributed by atoms with Crippen molar-refractivity contribution in [2.45, 2.75) is 12.5 Å². The van der Waals surface area contributed by atoms with Gasteiger partial charge in [-0.2, -0.15) is 0 Å². The van der Waals surface area contributed by atoms with Crippen LogP contribution in [0.1, 0.15) is 22.9 Å².